The molecular weight excluding hydrogens is 272 g/mol. The van der Waals surface area contributed by atoms with Crippen molar-refractivity contribution in [3.05, 3.63) is 48.0 Å². The van der Waals surface area contributed by atoms with Gasteiger partial charge in [-0.25, -0.2) is 0 Å². The molecule has 4 heteroatoms. The van der Waals surface area contributed by atoms with Crippen molar-refractivity contribution < 1.29 is 14.3 Å². The van der Waals surface area contributed by atoms with E-state index in [2.05, 4.69) is 0 Å². The fraction of sp³-hybridized carbons (Fsp3) is 0.188. The van der Waals surface area contributed by atoms with Crippen LogP contribution in [0.2, 0.25) is 0 Å². The number of benzene rings is 2. The second kappa shape index (κ2) is 5.59. The molecule has 0 aromatic heterocycles. The molecule has 0 fully saturated rings. The van der Waals surface area contributed by atoms with Crippen LogP contribution in [0.5, 0.6) is 11.5 Å². The van der Waals surface area contributed by atoms with Gasteiger partial charge in [0.15, 0.2) is 17.3 Å². The SMILES string of the molecule is CC(=O)c1ccc(Sc2ccc3c(c2)OCCO3)cc1. The molecule has 1 aliphatic heterocycles. The summed E-state index contributed by atoms with van der Waals surface area (Å²) in [6.45, 7) is 2.77. The summed E-state index contributed by atoms with van der Waals surface area (Å²) in [5.41, 5.74) is 0.733. The molecule has 0 saturated carbocycles. The van der Waals surface area contributed by atoms with Crippen molar-refractivity contribution in [1.29, 1.82) is 0 Å². The van der Waals surface area contributed by atoms with Crippen molar-refractivity contribution in [1.82, 2.24) is 0 Å². The Hall–Kier alpha value is -1.94. The first kappa shape index (κ1) is 13.1. The van der Waals surface area contributed by atoms with Crippen LogP contribution in [0.1, 0.15) is 17.3 Å². The third-order valence-electron chi connectivity index (χ3n) is 3.01. The standard InChI is InChI=1S/C16H14O3S/c1-11(17)12-2-4-13(5-3-12)20-14-6-7-15-16(10-14)19-9-8-18-15/h2-7,10H,8-9H2,1H3. The number of Topliss-reactive ketones (excluding diaryl/α,β-unsaturated/α-hetero) is 1. The first-order chi connectivity index (χ1) is 9.72. The minimum atomic E-state index is 0.0841. The zero-order chi connectivity index (χ0) is 13.9. The maximum Gasteiger partial charge on any atom is 0.162 e. The minimum Gasteiger partial charge on any atom is -0.486 e. The Morgan fingerprint density at radius 3 is 2.30 bits per heavy atom. The van der Waals surface area contributed by atoms with E-state index in [-0.39, 0.29) is 5.78 Å². The number of carbonyl (C=O) groups excluding carboxylic acids is 1. The summed E-state index contributed by atoms with van der Waals surface area (Å²) in [5, 5.41) is 0. The molecule has 0 aliphatic carbocycles. The molecular formula is C16H14O3S. The predicted molar refractivity (Wildman–Crippen MR) is 78.0 cm³/mol. The van der Waals surface area contributed by atoms with Gasteiger partial charge >= 0.3 is 0 Å². The van der Waals surface area contributed by atoms with Gasteiger partial charge in [-0.3, -0.25) is 4.79 Å². The van der Waals surface area contributed by atoms with Gasteiger partial charge in [-0.15, -0.1) is 0 Å². The highest BCUT2D eigenvalue weighted by Gasteiger charge is 2.12. The van der Waals surface area contributed by atoms with E-state index in [1.807, 2.05) is 42.5 Å². The van der Waals surface area contributed by atoms with Gasteiger partial charge < -0.3 is 9.47 Å². The highest BCUT2D eigenvalue weighted by Crippen LogP contribution is 2.36. The Balaban J connectivity index is 1.78. The lowest BCUT2D eigenvalue weighted by Gasteiger charge is -2.18. The van der Waals surface area contributed by atoms with E-state index in [1.54, 1.807) is 18.7 Å². The highest BCUT2D eigenvalue weighted by molar-refractivity contribution is 7.99. The van der Waals surface area contributed by atoms with Crippen LogP contribution in [-0.4, -0.2) is 19.0 Å². The Labute approximate surface area is 121 Å². The van der Waals surface area contributed by atoms with Crippen molar-refractivity contribution in [2.24, 2.45) is 0 Å². The monoisotopic (exact) mass is 286 g/mol. The molecule has 0 spiro atoms. The van der Waals surface area contributed by atoms with E-state index >= 15 is 0 Å². The molecule has 2 aromatic carbocycles. The van der Waals surface area contributed by atoms with Gasteiger partial charge in [0.2, 0.25) is 0 Å². The Morgan fingerprint density at radius 1 is 0.950 bits per heavy atom. The predicted octanol–water partition coefficient (Wildman–Crippen LogP) is 3.81. The summed E-state index contributed by atoms with van der Waals surface area (Å²) in [5.74, 6) is 1.68. The average molecular weight is 286 g/mol. The summed E-state index contributed by atoms with van der Waals surface area (Å²) >= 11 is 1.63. The van der Waals surface area contributed by atoms with Crippen LogP contribution >= 0.6 is 11.8 Å². The summed E-state index contributed by atoms with van der Waals surface area (Å²) in [7, 11) is 0. The van der Waals surface area contributed by atoms with Gasteiger partial charge in [-0.05, 0) is 37.3 Å². The first-order valence-electron chi connectivity index (χ1n) is 6.41. The molecule has 0 unspecified atom stereocenters. The summed E-state index contributed by atoms with van der Waals surface area (Å²) in [4.78, 5) is 13.4. The van der Waals surface area contributed by atoms with Gasteiger partial charge in [0.05, 0.1) is 0 Å². The molecule has 3 rings (SSSR count). The van der Waals surface area contributed by atoms with E-state index in [4.69, 9.17) is 9.47 Å². The lowest BCUT2D eigenvalue weighted by atomic mass is 10.2. The maximum absolute atomic E-state index is 11.2. The quantitative estimate of drug-likeness (QED) is 0.804. The third kappa shape index (κ3) is 2.80. The zero-order valence-electron chi connectivity index (χ0n) is 11.1. The van der Waals surface area contributed by atoms with Crippen LogP contribution < -0.4 is 9.47 Å². The third-order valence-corrected chi connectivity index (χ3v) is 4.01. The van der Waals surface area contributed by atoms with Crippen LogP contribution in [0.4, 0.5) is 0 Å². The fourth-order valence-electron chi connectivity index (χ4n) is 1.98. The summed E-state index contributed by atoms with van der Waals surface area (Å²) in [6.07, 6.45) is 0. The fourth-order valence-corrected chi connectivity index (χ4v) is 2.83. The van der Waals surface area contributed by atoms with Crippen molar-refractivity contribution in [3.8, 4) is 11.5 Å². The molecule has 2 aromatic rings. The van der Waals surface area contributed by atoms with E-state index in [9.17, 15) is 4.79 Å². The van der Waals surface area contributed by atoms with E-state index in [1.165, 1.54) is 0 Å². The van der Waals surface area contributed by atoms with Crippen LogP contribution in [0.15, 0.2) is 52.3 Å². The number of carbonyl (C=O) groups is 1. The number of hydrogen-bond donors (Lipinski definition) is 0. The first-order valence-corrected chi connectivity index (χ1v) is 7.22. The number of fused-ring (bicyclic) bond motifs is 1. The molecule has 0 bridgehead atoms. The van der Waals surface area contributed by atoms with Gasteiger partial charge in [0, 0.05) is 15.4 Å². The Kier molecular flexibility index (Phi) is 3.65. The van der Waals surface area contributed by atoms with E-state index in [0.717, 1.165) is 26.9 Å². The largest absolute Gasteiger partial charge is 0.486 e. The summed E-state index contributed by atoms with van der Waals surface area (Å²) < 4.78 is 11.1. The molecule has 20 heavy (non-hydrogen) atoms. The van der Waals surface area contributed by atoms with Crippen molar-refractivity contribution in [3.63, 3.8) is 0 Å². The molecule has 0 amide bonds. The van der Waals surface area contributed by atoms with Crippen LogP contribution in [-0.2, 0) is 0 Å². The molecule has 0 atom stereocenters. The van der Waals surface area contributed by atoms with Crippen LogP contribution in [0.3, 0.4) is 0 Å². The Bertz CT molecular complexity index is 635. The average Bonchev–Trinajstić information content (AvgIpc) is 2.48. The smallest absolute Gasteiger partial charge is 0.162 e. The summed E-state index contributed by atoms with van der Waals surface area (Å²) in [6, 6.07) is 13.5. The van der Waals surface area contributed by atoms with E-state index < -0.39 is 0 Å². The van der Waals surface area contributed by atoms with Crippen molar-refractivity contribution >= 4 is 17.5 Å². The maximum atomic E-state index is 11.2. The van der Waals surface area contributed by atoms with Gasteiger partial charge in [-0.1, -0.05) is 23.9 Å². The molecule has 0 saturated heterocycles. The molecule has 3 nitrogen and oxygen atoms in total. The minimum absolute atomic E-state index is 0.0841. The van der Waals surface area contributed by atoms with Gasteiger partial charge in [0.25, 0.3) is 0 Å². The van der Waals surface area contributed by atoms with Gasteiger partial charge in [0.1, 0.15) is 13.2 Å². The number of rotatable bonds is 3. The van der Waals surface area contributed by atoms with Crippen molar-refractivity contribution in [2.45, 2.75) is 16.7 Å². The second-order valence-corrected chi connectivity index (χ2v) is 5.64. The zero-order valence-corrected chi connectivity index (χ0v) is 11.9. The number of ketones is 1. The molecule has 0 radical (unpaired) electrons. The van der Waals surface area contributed by atoms with Crippen LogP contribution in [0, 0.1) is 0 Å². The normalized spacial score (nSPS) is 13.1. The molecule has 1 heterocycles. The van der Waals surface area contributed by atoms with Crippen molar-refractivity contribution in [2.75, 3.05) is 13.2 Å². The highest BCUT2D eigenvalue weighted by atomic mass is 32.2. The van der Waals surface area contributed by atoms with Gasteiger partial charge in [-0.2, -0.15) is 0 Å². The molecule has 1 aliphatic rings. The topological polar surface area (TPSA) is 35.5 Å². The van der Waals surface area contributed by atoms with E-state index in [0.29, 0.717) is 13.2 Å². The molecule has 102 valence electrons. The number of hydrogen-bond acceptors (Lipinski definition) is 4. The number of ether oxygens (including phenoxy) is 2. The molecule has 0 N–H and O–H groups in total. The second-order valence-electron chi connectivity index (χ2n) is 4.49. The lowest BCUT2D eigenvalue weighted by Crippen LogP contribution is -2.15. The Morgan fingerprint density at radius 2 is 1.60 bits per heavy atom. The van der Waals surface area contributed by atoms with Crippen LogP contribution in [0.25, 0.3) is 0 Å². The lowest BCUT2D eigenvalue weighted by molar-refractivity contribution is 0.101.